The maximum absolute atomic E-state index is 12.7. The van der Waals surface area contributed by atoms with Crippen molar-refractivity contribution in [2.75, 3.05) is 6.54 Å². The maximum Gasteiger partial charge on any atom is 0.407 e. The highest BCUT2D eigenvalue weighted by Gasteiger charge is 2.28. The Morgan fingerprint density at radius 3 is 2.56 bits per heavy atom. The van der Waals surface area contributed by atoms with Crippen molar-refractivity contribution in [2.24, 2.45) is 11.8 Å². The van der Waals surface area contributed by atoms with Gasteiger partial charge in [0.2, 0.25) is 0 Å². The summed E-state index contributed by atoms with van der Waals surface area (Å²) in [7, 11) is 0. The third-order valence-electron chi connectivity index (χ3n) is 6.14. The molecule has 1 fully saturated rings. The zero-order chi connectivity index (χ0) is 24.1. The number of aryl methyl sites for hydroxylation is 1. The minimum atomic E-state index is -0.472. The second-order valence-electron chi connectivity index (χ2n) is 8.61. The molecule has 1 N–H and O–H groups in total. The number of alkyl carbamates (subject to hydrolysis) is 1. The Kier molecular flexibility index (Phi) is 7.53. The second kappa shape index (κ2) is 10.7. The largest absolute Gasteiger partial charge is 0.445 e. The normalized spacial score (nSPS) is 17.8. The molecule has 1 amide bonds. The molecular weight excluding hydrogens is 458 g/mol. The third-order valence-corrected chi connectivity index (χ3v) is 6.44. The van der Waals surface area contributed by atoms with Crippen molar-refractivity contribution in [2.45, 2.75) is 39.2 Å². The van der Waals surface area contributed by atoms with E-state index in [2.05, 4.69) is 5.32 Å². The number of hydrogen-bond acceptors (Lipinski definition) is 6. The number of amides is 1. The third kappa shape index (κ3) is 5.97. The second-order valence-corrected chi connectivity index (χ2v) is 9.02. The summed E-state index contributed by atoms with van der Waals surface area (Å²) in [6.07, 6.45) is 2.45. The summed E-state index contributed by atoms with van der Waals surface area (Å²) in [6, 6.07) is 14.0. The van der Waals surface area contributed by atoms with Gasteiger partial charge < -0.3 is 19.2 Å². The van der Waals surface area contributed by atoms with Crippen molar-refractivity contribution < 1.29 is 23.5 Å². The van der Waals surface area contributed by atoms with E-state index in [1.165, 1.54) is 12.1 Å². The highest BCUT2D eigenvalue weighted by Crippen LogP contribution is 2.34. The van der Waals surface area contributed by atoms with Crippen LogP contribution in [0.15, 0.2) is 57.7 Å². The molecule has 0 radical (unpaired) electrons. The standard InChI is InChI=1S/C26H26ClNO6/c1-16-11-24(29)33-22-13-23(21(27)12-20(16)22)34-25(30)19-9-7-17(8-10-19)14-28-26(31)32-15-18-5-3-2-4-6-18/h2-6,11-13,17,19H,7-10,14-15H2,1H3,(H,28,31). The monoisotopic (exact) mass is 483 g/mol. The lowest BCUT2D eigenvalue weighted by atomic mass is 9.82. The summed E-state index contributed by atoms with van der Waals surface area (Å²) in [4.78, 5) is 36.3. The van der Waals surface area contributed by atoms with Gasteiger partial charge in [-0.1, -0.05) is 41.9 Å². The lowest BCUT2D eigenvalue weighted by molar-refractivity contribution is -0.140. The Balaban J connectivity index is 1.25. The van der Waals surface area contributed by atoms with Gasteiger partial charge in [0.25, 0.3) is 0 Å². The summed E-state index contributed by atoms with van der Waals surface area (Å²) in [5.41, 5.74) is 1.52. The molecule has 0 spiro atoms. The molecule has 1 aromatic heterocycles. The first-order valence-electron chi connectivity index (χ1n) is 11.3. The topological polar surface area (TPSA) is 94.8 Å². The van der Waals surface area contributed by atoms with E-state index >= 15 is 0 Å². The summed E-state index contributed by atoms with van der Waals surface area (Å²) < 4.78 is 16.0. The van der Waals surface area contributed by atoms with Crippen LogP contribution >= 0.6 is 11.6 Å². The minimum Gasteiger partial charge on any atom is -0.445 e. The lowest BCUT2D eigenvalue weighted by Gasteiger charge is -2.27. The van der Waals surface area contributed by atoms with E-state index < -0.39 is 11.7 Å². The Morgan fingerprint density at radius 2 is 1.82 bits per heavy atom. The smallest absolute Gasteiger partial charge is 0.407 e. The molecule has 4 rings (SSSR count). The molecule has 0 saturated heterocycles. The Hall–Kier alpha value is -3.32. The van der Waals surface area contributed by atoms with Crippen LogP contribution in [-0.2, 0) is 16.1 Å². The van der Waals surface area contributed by atoms with E-state index in [1.54, 1.807) is 13.0 Å². The molecule has 1 heterocycles. The van der Waals surface area contributed by atoms with Gasteiger partial charge in [-0.05, 0) is 55.7 Å². The Labute approximate surface area is 202 Å². The number of ether oxygens (including phenoxy) is 2. The first kappa shape index (κ1) is 23.8. The van der Waals surface area contributed by atoms with Gasteiger partial charge in [-0.25, -0.2) is 9.59 Å². The van der Waals surface area contributed by atoms with Crippen LogP contribution < -0.4 is 15.7 Å². The van der Waals surface area contributed by atoms with Crippen molar-refractivity contribution in [3.63, 3.8) is 0 Å². The fraction of sp³-hybridized carbons (Fsp3) is 0.346. The number of nitrogens with one attached hydrogen (secondary N) is 1. The molecule has 3 aromatic rings. The first-order valence-corrected chi connectivity index (χ1v) is 11.7. The number of fused-ring (bicyclic) bond motifs is 1. The number of rotatable bonds is 6. The lowest BCUT2D eigenvalue weighted by Crippen LogP contribution is -2.33. The van der Waals surface area contributed by atoms with E-state index in [-0.39, 0.29) is 35.2 Å². The van der Waals surface area contributed by atoms with Gasteiger partial charge in [-0.2, -0.15) is 0 Å². The number of carbonyl (C=O) groups is 2. The molecular formula is C26H26ClNO6. The molecule has 0 bridgehead atoms. The van der Waals surface area contributed by atoms with Crippen LogP contribution in [0.25, 0.3) is 11.0 Å². The number of benzene rings is 2. The molecule has 178 valence electrons. The van der Waals surface area contributed by atoms with Crippen LogP contribution in [0.1, 0.15) is 36.8 Å². The van der Waals surface area contributed by atoms with Crippen molar-refractivity contribution >= 4 is 34.6 Å². The van der Waals surface area contributed by atoms with Gasteiger partial charge in [-0.3, -0.25) is 4.79 Å². The molecule has 0 unspecified atom stereocenters. The van der Waals surface area contributed by atoms with Gasteiger partial charge in [0.1, 0.15) is 12.2 Å². The maximum atomic E-state index is 12.7. The van der Waals surface area contributed by atoms with Crippen LogP contribution in [0.5, 0.6) is 5.75 Å². The summed E-state index contributed by atoms with van der Waals surface area (Å²) in [6.45, 7) is 2.52. The van der Waals surface area contributed by atoms with E-state index in [4.69, 9.17) is 25.5 Å². The predicted octanol–water partition coefficient (Wildman–Crippen LogP) is 5.39. The molecule has 1 saturated carbocycles. The number of halogens is 1. The summed E-state index contributed by atoms with van der Waals surface area (Å²) in [5.74, 6) is -0.157. The van der Waals surface area contributed by atoms with Crippen LogP contribution in [-0.4, -0.2) is 18.6 Å². The first-order chi connectivity index (χ1) is 16.4. The van der Waals surface area contributed by atoms with E-state index in [0.29, 0.717) is 30.4 Å². The molecule has 7 nitrogen and oxygen atoms in total. The molecule has 1 aliphatic carbocycles. The Bertz CT molecular complexity index is 1230. The fourth-order valence-corrected chi connectivity index (χ4v) is 4.40. The number of carbonyl (C=O) groups excluding carboxylic acids is 2. The number of hydrogen-bond donors (Lipinski definition) is 1. The van der Waals surface area contributed by atoms with Gasteiger partial charge in [0.05, 0.1) is 10.9 Å². The van der Waals surface area contributed by atoms with Crippen LogP contribution in [0, 0.1) is 18.8 Å². The predicted molar refractivity (Wildman–Crippen MR) is 128 cm³/mol. The van der Waals surface area contributed by atoms with Crippen molar-refractivity contribution in [3.8, 4) is 5.75 Å². The zero-order valence-electron chi connectivity index (χ0n) is 18.8. The molecule has 0 atom stereocenters. The van der Waals surface area contributed by atoms with Crippen LogP contribution in [0.3, 0.4) is 0 Å². The molecule has 2 aromatic carbocycles. The van der Waals surface area contributed by atoms with Crippen LogP contribution in [0.4, 0.5) is 4.79 Å². The average molecular weight is 484 g/mol. The van der Waals surface area contributed by atoms with Gasteiger partial charge in [-0.15, -0.1) is 0 Å². The van der Waals surface area contributed by atoms with Crippen molar-refractivity contribution in [3.05, 3.63) is 75.1 Å². The quantitative estimate of drug-likeness (QED) is 0.287. The Morgan fingerprint density at radius 1 is 1.09 bits per heavy atom. The highest BCUT2D eigenvalue weighted by atomic mass is 35.5. The SMILES string of the molecule is Cc1cc(=O)oc2cc(OC(=O)C3CCC(CNC(=O)OCc4ccccc4)CC3)c(Cl)cc12. The molecule has 8 heteroatoms. The summed E-state index contributed by atoms with van der Waals surface area (Å²) >= 11 is 6.31. The van der Waals surface area contributed by atoms with Gasteiger partial charge >= 0.3 is 17.7 Å². The highest BCUT2D eigenvalue weighted by molar-refractivity contribution is 6.33. The van der Waals surface area contributed by atoms with Crippen molar-refractivity contribution in [1.82, 2.24) is 5.32 Å². The molecule has 0 aliphatic heterocycles. The zero-order valence-corrected chi connectivity index (χ0v) is 19.6. The molecule has 34 heavy (non-hydrogen) atoms. The van der Waals surface area contributed by atoms with E-state index in [9.17, 15) is 14.4 Å². The fourth-order valence-electron chi connectivity index (χ4n) is 4.19. The summed E-state index contributed by atoms with van der Waals surface area (Å²) in [5, 5.41) is 3.79. The van der Waals surface area contributed by atoms with Crippen LogP contribution in [0.2, 0.25) is 5.02 Å². The number of esters is 1. The van der Waals surface area contributed by atoms with E-state index in [1.807, 2.05) is 30.3 Å². The van der Waals surface area contributed by atoms with Crippen molar-refractivity contribution in [1.29, 1.82) is 0 Å². The molecule has 1 aliphatic rings. The van der Waals surface area contributed by atoms with E-state index in [0.717, 1.165) is 24.0 Å². The minimum absolute atomic E-state index is 0.179. The van der Waals surface area contributed by atoms with Gasteiger partial charge in [0.15, 0.2) is 5.75 Å². The van der Waals surface area contributed by atoms with Gasteiger partial charge in [0, 0.05) is 24.1 Å². The average Bonchev–Trinajstić information content (AvgIpc) is 2.83.